The molecule has 6 rings (SSSR count). The predicted octanol–water partition coefficient (Wildman–Crippen LogP) is 11.8. The van der Waals surface area contributed by atoms with Crippen molar-refractivity contribution < 1.29 is 25.8 Å². The van der Waals surface area contributed by atoms with Crippen LogP contribution >= 0.6 is 17.0 Å². The third kappa shape index (κ3) is 6.74. The van der Waals surface area contributed by atoms with E-state index in [1.807, 2.05) is 13.8 Å². The molecule has 0 aromatic heterocycles. The van der Waals surface area contributed by atoms with Crippen LogP contribution in [0.25, 0.3) is 34.4 Å². The van der Waals surface area contributed by atoms with E-state index in [0.29, 0.717) is 0 Å². The van der Waals surface area contributed by atoms with Crippen molar-refractivity contribution >= 4 is 45.5 Å². The number of benzene rings is 4. The van der Waals surface area contributed by atoms with Crippen LogP contribution in [0.3, 0.4) is 0 Å². The normalized spacial score (nSPS) is 17.0. The summed E-state index contributed by atoms with van der Waals surface area (Å²) < 4.78 is -1.68. The average molecular weight is 812 g/mol. The van der Waals surface area contributed by atoms with Gasteiger partial charge in [0.05, 0.1) is 0 Å². The summed E-state index contributed by atoms with van der Waals surface area (Å²) in [5.41, 5.74) is 13.8. The third-order valence-electron chi connectivity index (χ3n) is 11.2. The van der Waals surface area contributed by atoms with Crippen LogP contribution in [-0.4, -0.2) is 16.3 Å². The zero-order valence-corrected chi connectivity index (χ0v) is 35.3. The quantitative estimate of drug-likeness (QED) is 0.132. The molecule has 2 N–H and O–H groups in total. The van der Waals surface area contributed by atoms with Crippen molar-refractivity contribution in [2.24, 2.45) is 0 Å². The number of carbonyl (C=O) groups is 2. The number of hydrogen-bond acceptors (Lipinski definition) is 2. The third-order valence-corrected chi connectivity index (χ3v) is 31.1. The number of aryl methyl sites for hydroxylation is 2. The van der Waals surface area contributed by atoms with Gasteiger partial charge in [0.1, 0.15) is 0 Å². The van der Waals surface area contributed by atoms with E-state index in [-0.39, 0.29) is 31.9 Å². The number of nitrogens with one attached hydrogen (secondary N) is 2. The Kier molecular flexibility index (Phi) is 11.6. The molecule has 0 aliphatic heterocycles. The maximum atomic E-state index is 13.6. The van der Waals surface area contributed by atoms with Gasteiger partial charge >= 0.3 is 321 Å². The number of fused-ring (bicyclic) bond motifs is 2. The second-order valence-corrected chi connectivity index (χ2v) is 36.0. The number of rotatable bonds is 13. The van der Waals surface area contributed by atoms with Gasteiger partial charge in [0, 0.05) is 0 Å². The van der Waals surface area contributed by atoms with Gasteiger partial charge in [0.2, 0.25) is 0 Å². The van der Waals surface area contributed by atoms with Gasteiger partial charge in [-0.1, -0.05) is 0 Å². The standard InChI is InChI=1S/2C19H19.C6H11BN2O2.2ClH.Zr/c2*1-3-7-15-12-16-9-6-11-18(19(16)13-15)17-10-5-4-8-14(17)2;1-3-5(10)8-7-9-6(11)4-2;;;/h2*4-6,8-13H,3,7H2,1-2H3;3-4H2,1-2H3,(H-,8,9,10,11);2*1H;/q;;;;;+1/p-1. The molecule has 2 unspecified atom stereocenters. The number of allylic oxidation sites excluding steroid dienone is 2. The molecule has 4 aromatic carbocycles. The topological polar surface area (TPSA) is 58.2 Å². The van der Waals surface area contributed by atoms with Gasteiger partial charge in [-0.3, -0.25) is 0 Å². The van der Waals surface area contributed by atoms with Crippen LogP contribution < -0.4 is 10.5 Å². The second-order valence-electron chi connectivity index (χ2n) is 14.6. The van der Waals surface area contributed by atoms with E-state index in [1.165, 1.54) is 33.4 Å². The number of hydrogen-bond donors (Lipinski definition) is 2. The van der Waals surface area contributed by atoms with E-state index in [9.17, 15) is 9.59 Å². The van der Waals surface area contributed by atoms with Gasteiger partial charge in [-0.2, -0.15) is 0 Å². The van der Waals surface area contributed by atoms with E-state index in [2.05, 4.69) is 135 Å². The van der Waals surface area contributed by atoms with E-state index < -0.39 is 20.7 Å². The molecular weight excluding hydrogens is 761 g/mol. The number of halogens is 2. The molecule has 0 spiro atoms. The average Bonchev–Trinajstić information content (AvgIpc) is 3.71. The molecule has 0 bridgehead atoms. The van der Waals surface area contributed by atoms with Gasteiger partial charge < -0.3 is 0 Å². The first kappa shape index (κ1) is 38.5. The molecule has 2 aliphatic rings. The molecule has 2 aliphatic carbocycles. The predicted molar refractivity (Wildman–Crippen MR) is 219 cm³/mol. The minimum atomic E-state index is -5.93. The Morgan fingerprint density at radius 1 is 0.596 bits per heavy atom. The first-order valence-corrected chi connectivity index (χ1v) is 29.5. The molecule has 4 nitrogen and oxygen atoms in total. The van der Waals surface area contributed by atoms with E-state index in [0.717, 1.165) is 59.1 Å². The van der Waals surface area contributed by atoms with Crippen molar-refractivity contribution in [3.63, 3.8) is 0 Å². The molecule has 4 aromatic rings. The molecule has 0 heterocycles. The van der Waals surface area contributed by atoms with E-state index >= 15 is 0 Å². The van der Waals surface area contributed by atoms with Gasteiger partial charge in [-0.05, 0) is 0 Å². The molecular formula is C44H50BCl2N2O2Zr. The molecule has 269 valence electrons. The summed E-state index contributed by atoms with van der Waals surface area (Å²) in [6.45, 7) is 12.3. The van der Waals surface area contributed by atoms with Crippen LogP contribution in [0.1, 0.15) is 107 Å². The van der Waals surface area contributed by atoms with Gasteiger partial charge in [-0.15, -0.1) is 0 Å². The van der Waals surface area contributed by atoms with Crippen LogP contribution in [0.4, 0.5) is 0 Å². The molecule has 52 heavy (non-hydrogen) atoms. The fourth-order valence-electron chi connectivity index (χ4n) is 8.80. The van der Waals surface area contributed by atoms with Crippen LogP contribution in [-0.2, 0) is 25.8 Å². The summed E-state index contributed by atoms with van der Waals surface area (Å²) in [6.07, 6.45) is 8.52. The summed E-state index contributed by atoms with van der Waals surface area (Å²) in [7, 11) is 17.6. The molecule has 8 heteroatoms. The summed E-state index contributed by atoms with van der Waals surface area (Å²) in [5.74, 6) is -0.382. The summed E-state index contributed by atoms with van der Waals surface area (Å²) >= 11 is -5.93. The van der Waals surface area contributed by atoms with Crippen molar-refractivity contribution in [2.45, 2.75) is 87.3 Å². The molecule has 0 fully saturated rings. The zero-order chi connectivity index (χ0) is 37.2. The second kappa shape index (κ2) is 15.7. The molecule has 2 atom stereocenters. The first-order chi connectivity index (χ1) is 25.0. The Morgan fingerprint density at radius 2 is 0.981 bits per heavy atom. The number of carbonyl (C=O) groups excluding carboxylic acids is 2. The van der Waals surface area contributed by atoms with Gasteiger partial charge in [-0.25, -0.2) is 0 Å². The Hall–Kier alpha value is -3.17. The molecule has 0 saturated heterocycles. The molecule has 2 amide bonds. The monoisotopic (exact) mass is 809 g/mol. The summed E-state index contributed by atoms with van der Waals surface area (Å²) in [4.78, 5) is 27.2. The van der Waals surface area contributed by atoms with Crippen LogP contribution in [0.2, 0.25) is 0 Å². The van der Waals surface area contributed by atoms with E-state index in [4.69, 9.17) is 17.0 Å². The Bertz CT molecular complexity index is 1950. The summed E-state index contributed by atoms with van der Waals surface area (Å²) in [6, 6.07) is 29.9. The number of amides is 2. The zero-order valence-electron chi connectivity index (χ0n) is 31.3. The fraction of sp³-hybridized carbons (Fsp3) is 0.318. The summed E-state index contributed by atoms with van der Waals surface area (Å²) in [5, 5.41) is 6.54. The Labute approximate surface area is 318 Å². The Morgan fingerprint density at radius 3 is 1.35 bits per heavy atom. The van der Waals surface area contributed by atoms with Crippen LogP contribution in [0.15, 0.2) is 96.1 Å². The van der Waals surface area contributed by atoms with Crippen molar-refractivity contribution in [1.82, 2.24) is 10.5 Å². The van der Waals surface area contributed by atoms with Crippen molar-refractivity contribution in [3.05, 3.63) is 129 Å². The maximum absolute atomic E-state index is 13.6. The fourth-order valence-corrected chi connectivity index (χ4v) is 29.6. The Balaban J connectivity index is 1.71. The van der Waals surface area contributed by atoms with Crippen LogP contribution in [0, 0.1) is 13.8 Å². The van der Waals surface area contributed by atoms with Crippen molar-refractivity contribution in [3.8, 4) is 22.3 Å². The first-order valence-electron chi connectivity index (χ1n) is 18.9. The van der Waals surface area contributed by atoms with Crippen molar-refractivity contribution in [2.75, 3.05) is 0 Å². The molecule has 0 radical (unpaired) electrons. The SMILES string of the molecule is CCCC1=Cc2c(-c3ccccc3C)cccc2[CH]1[Zr]([Cl])([Cl])([B](NC(=O)CC)NC(=O)CC)[CH]1C(CCC)=Cc2c(-c3ccccc3C)cccc21. The van der Waals surface area contributed by atoms with Gasteiger partial charge in [0.25, 0.3) is 0 Å². The van der Waals surface area contributed by atoms with Gasteiger partial charge in [0.15, 0.2) is 0 Å². The van der Waals surface area contributed by atoms with Crippen molar-refractivity contribution in [1.29, 1.82) is 0 Å². The molecule has 0 saturated carbocycles. The van der Waals surface area contributed by atoms with Crippen LogP contribution in [0.5, 0.6) is 0 Å². The van der Waals surface area contributed by atoms with E-state index in [1.54, 1.807) is 0 Å². The minimum absolute atomic E-state index is 0.191.